The number of carbonyl (C=O) groups is 3. The van der Waals surface area contributed by atoms with Crippen LogP contribution in [0.15, 0.2) is 0 Å². The van der Waals surface area contributed by atoms with Gasteiger partial charge in [0.05, 0.1) is 12.8 Å². The minimum Gasteiger partial charge on any atom is -0.477 e. The smallest absolute Gasteiger partial charge is 0.363 e. The first-order valence-corrected chi connectivity index (χ1v) is 4.84. The Hall–Kier alpha value is -1.27. The summed E-state index contributed by atoms with van der Waals surface area (Å²) in [6.07, 6.45) is -0.714. The van der Waals surface area contributed by atoms with Crippen molar-refractivity contribution in [3.05, 3.63) is 0 Å². The molecule has 0 saturated carbocycles. The molecule has 2 N–H and O–H groups in total. The van der Waals surface area contributed by atoms with Gasteiger partial charge in [-0.25, -0.2) is 14.4 Å². The molecule has 0 aliphatic carbocycles. The molecule has 0 aromatic carbocycles. The van der Waals surface area contributed by atoms with Crippen LogP contribution in [0.25, 0.3) is 0 Å². The Morgan fingerprint density at radius 2 is 1.80 bits per heavy atom. The van der Waals surface area contributed by atoms with Crippen LogP contribution in [-0.4, -0.2) is 51.2 Å². The third-order valence-electron chi connectivity index (χ3n) is 3.25. The monoisotopic (exact) mass is 214 g/mol. The van der Waals surface area contributed by atoms with Gasteiger partial charge in [0.25, 0.3) is 0 Å². The van der Waals surface area contributed by atoms with E-state index < -0.39 is 22.6 Å². The van der Waals surface area contributed by atoms with Gasteiger partial charge in [0.1, 0.15) is 12.6 Å². The number of amides is 2. The third-order valence-corrected chi connectivity index (χ3v) is 3.25. The van der Waals surface area contributed by atoms with Gasteiger partial charge in [-0.05, 0) is 0 Å². The molecule has 82 valence electrons. The van der Waals surface area contributed by atoms with Gasteiger partial charge >= 0.3 is 17.8 Å². The number of carboxylic acids is 1. The standard InChI is InChI=1S/C9H11NO5/c11-5-3-6(9(14)15)10(4-5)7(12)1-2-8(10)13/h5-6,11H,1-4H2/p+1/t5-,6+/m1/s1. The van der Waals surface area contributed by atoms with E-state index in [-0.39, 0.29) is 37.6 Å². The van der Waals surface area contributed by atoms with Crippen molar-refractivity contribution >= 4 is 17.8 Å². The van der Waals surface area contributed by atoms with E-state index in [1.165, 1.54) is 0 Å². The fourth-order valence-electron chi connectivity index (χ4n) is 2.56. The van der Waals surface area contributed by atoms with Crippen LogP contribution < -0.4 is 0 Å². The maximum Gasteiger partial charge on any atom is 0.363 e. The second-order valence-electron chi connectivity index (χ2n) is 4.08. The summed E-state index contributed by atoms with van der Waals surface area (Å²) in [5.74, 6) is -1.93. The zero-order valence-electron chi connectivity index (χ0n) is 8.05. The highest BCUT2D eigenvalue weighted by Crippen LogP contribution is 2.35. The number of aliphatic hydroxyl groups excluding tert-OH is 1. The number of quaternary nitrogens is 1. The van der Waals surface area contributed by atoms with Crippen molar-refractivity contribution in [1.82, 2.24) is 0 Å². The van der Waals surface area contributed by atoms with E-state index in [9.17, 15) is 19.5 Å². The van der Waals surface area contributed by atoms with Crippen LogP contribution in [-0.2, 0) is 14.4 Å². The number of aliphatic carboxylic acids is 1. The summed E-state index contributed by atoms with van der Waals surface area (Å²) in [5, 5.41) is 18.4. The van der Waals surface area contributed by atoms with E-state index in [2.05, 4.69) is 0 Å². The van der Waals surface area contributed by atoms with Crippen molar-refractivity contribution in [1.29, 1.82) is 0 Å². The minimum atomic E-state index is -1.19. The van der Waals surface area contributed by atoms with Crippen LogP contribution in [0, 0.1) is 0 Å². The summed E-state index contributed by atoms with van der Waals surface area (Å²) >= 11 is 0. The Kier molecular flexibility index (Phi) is 2.13. The van der Waals surface area contributed by atoms with Gasteiger partial charge in [0.2, 0.25) is 6.04 Å². The van der Waals surface area contributed by atoms with E-state index in [4.69, 9.17) is 5.11 Å². The fraction of sp³-hybridized carbons (Fsp3) is 0.667. The highest BCUT2D eigenvalue weighted by atomic mass is 16.4. The SMILES string of the molecule is O=C(O)[C@@H]1C[C@@H](O)C[N+]12C(=O)CCC2=O. The lowest BCUT2D eigenvalue weighted by Gasteiger charge is -2.27. The molecule has 0 aromatic heterocycles. The molecule has 2 atom stereocenters. The molecule has 2 aliphatic heterocycles. The zero-order valence-corrected chi connectivity index (χ0v) is 8.05. The summed E-state index contributed by atoms with van der Waals surface area (Å²) < 4.78 is -0.670. The predicted octanol–water partition coefficient (Wildman–Crippen LogP) is -1.13. The normalized spacial score (nSPS) is 33.9. The lowest BCUT2D eigenvalue weighted by atomic mass is 10.2. The molecule has 1 spiro atoms. The van der Waals surface area contributed by atoms with Crippen molar-refractivity contribution < 1.29 is 29.1 Å². The molecule has 0 unspecified atom stereocenters. The van der Waals surface area contributed by atoms with Gasteiger partial charge in [-0.1, -0.05) is 0 Å². The highest BCUT2D eigenvalue weighted by molar-refractivity contribution is 5.95. The highest BCUT2D eigenvalue weighted by Gasteiger charge is 2.62. The maximum atomic E-state index is 11.6. The number of hydrogen-bond acceptors (Lipinski definition) is 4. The third kappa shape index (κ3) is 1.22. The number of carboxylic acid groups (broad SMARTS) is 1. The van der Waals surface area contributed by atoms with Crippen molar-refractivity contribution in [3.63, 3.8) is 0 Å². The Bertz CT molecular complexity index is 334. The summed E-state index contributed by atoms with van der Waals surface area (Å²) in [7, 11) is 0. The topological polar surface area (TPSA) is 91.7 Å². The van der Waals surface area contributed by atoms with Gasteiger partial charge in [-0.2, -0.15) is 4.48 Å². The summed E-state index contributed by atoms with van der Waals surface area (Å²) in [6, 6.07) is -1.09. The Morgan fingerprint density at radius 3 is 2.27 bits per heavy atom. The average molecular weight is 214 g/mol. The van der Waals surface area contributed by atoms with Gasteiger partial charge in [0.15, 0.2) is 0 Å². The predicted molar refractivity (Wildman–Crippen MR) is 46.4 cm³/mol. The molecule has 2 aliphatic rings. The van der Waals surface area contributed by atoms with Gasteiger partial charge < -0.3 is 10.2 Å². The number of aliphatic hydroxyl groups is 1. The summed E-state index contributed by atoms with van der Waals surface area (Å²) in [6.45, 7) is -0.0748. The molecule has 2 fully saturated rings. The van der Waals surface area contributed by atoms with Crippen LogP contribution in [0.2, 0.25) is 0 Å². The summed E-state index contributed by atoms with van der Waals surface area (Å²) in [4.78, 5) is 34.3. The van der Waals surface area contributed by atoms with E-state index in [0.29, 0.717) is 0 Å². The molecular weight excluding hydrogens is 202 g/mol. The molecule has 0 radical (unpaired) electrons. The number of rotatable bonds is 1. The molecule has 2 rings (SSSR count). The van der Waals surface area contributed by atoms with E-state index in [1.54, 1.807) is 0 Å². The molecule has 2 amide bonds. The molecule has 6 nitrogen and oxygen atoms in total. The van der Waals surface area contributed by atoms with Crippen LogP contribution >= 0.6 is 0 Å². The second kappa shape index (κ2) is 3.11. The van der Waals surface area contributed by atoms with Crippen molar-refractivity contribution in [2.45, 2.75) is 31.4 Å². The number of nitrogens with zero attached hydrogens (tertiary/aromatic N) is 1. The first-order valence-electron chi connectivity index (χ1n) is 4.84. The van der Waals surface area contributed by atoms with Crippen LogP contribution in [0.5, 0.6) is 0 Å². The zero-order chi connectivity index (χ0) is 11.2. The Morgan fingerprint density at radius 1 is 1.27 bits per heavy atom. The van der Waals surface area contributed by atoms with E-state index in [0.717, 1.165) is 0 Å². The Balaban J connectivity index is 2.44. The van der Waals surface area contributed by atoms with Crippen molar-refractivity contribution in [2.24, 2.45) is 0 Å². The van der Waals surface area contributed by atoms with Crippen molar-refractivity contribution in [2.75, 3.05) is 6.54 Å². The molecule has 2 saturated heterocycles. The van der Waals surface area contributed by atoms with Crippen LogP contribution in [0.4, 0.5) is 0 Å². The van der Waals surface area contributed by atoms with Gasteiger partial charge in [-0.3, -0.25) is 0 Å². The quantitative estimate of drug-likeness (QED) is 0.425. The summed E-state index contributed by atoms with van der Waals surface area (Å²) in [5.41, 5.74) is 0. The lowest BCUT2D eigenvalue weighted by molar-refractivity contribution is -0.778. The molecule has 15 heavy (non-hydrogen) atoms. The second-order valence-corrected chi connectivity index (χ2v) is 4.08. The Labute approximate surface area is 85.7 Å². The van der Waals surface area contributed by atoms with Crippen molar-refractivity contribution in [3.8, 4) is 0 Å². The number of carbonyl (C=O) groups excluding carboxylic acids is 2. The maximum absolute atomic E-state index is 11.6. The van der Waals surface area contributed by atoms with Crippen LogP contribution in [0.3, 0.4) is 0 Å². The molecule has 0 aromatic rings. The first-order chi connectivity index (χ1) is 6.98. The van der Waals surface area contributed by atoms with E-state index >= 15 is 0 Å². The van der Waals surface area contributed by atoms with Gasteiger partial charge in [0, 0.05) is 6.42 Å². The number of imide groups is 1. The molecule has 6 heteroatoms. The first kappa shape index (κ1) is 10.3. The van der Waals surface area contributed by atoms with E-state index in [1.807, 2.05) is 0 Å². The largest absolute Gasteiger partial charge is 0.477 e. The van der Waals surface area contributed by atoms with Crippen LogP contribution in [0.1, 0.15) is 19.3 Å². The fourth-order valence-corrected chi connectivity index (χ4v) is 2.56. The molecule has 2 heterocycles. The molecular formula is C9H12NO5+. The number of hydrogen-bond donors (Lipinski definition) is 2. The lowest BCUT2D eigenvalue weighted by Crippen LogP contribution is -2.58. The molecule has 0 bridgehead atoms. The average Bonchev–Trinajstić information content (AvgIpc) is 2.64. The van der Waals surface area contributed by atoms with Gasteiger partial charge in [-0.15, -0.1) is 0 Å². The minimum absolute atomic E-state index is 0.0210.